The topological polar surface area (TPSA) is 82.2 Å². The maximum absolute atomic E-state index is 12.6. The molecule has 130 valence electrons. The molecule has 0 radical (unpaired) electrons. The minimum atomic E-state index is -0.549. The zero-order valence-electron chi connectivity index (χ0n) is 14.1. The number of hydrogen-bond donors (Lipinski definition) is 0. The summed E-state index contributed by atoms with van der Waals surface area (Å²) in [7, 11) is 1.67. The number of hydrogen-bond acceptors (Lipinski definition) is 5. The Morgan fingerprint density at radius 2 is 2.12 bits per heavy atom. The first-order chi connectivity index (χ1) is 11.2. The second kappa shape index (κ2) is 5.77. The molecule has 2 aromatic heterocycles. The highest BCUT2D eigenvalue weighted by Crippen LogP contribution is 2.25. The standard InChI is InChI=1S/C15H20ClN5O3/c1-15(2,3)24-14(23)20-6-5-9(8-20)21-11-10(19(4)13(21)22)7-17-12(16)18-11/h7,9H,5-6,8H2,1-4H3/t9-/m1/s1. The Labute approximate surface area is 144 Å². The Hall–Kier alpha value is -2.09. The first-order valence-corrected chi connectivity index (χ1v) is 8.12. The van der Waals surface area contributed by atoms with Crippen LogP contribution in [-0.4, -0.2) is 48.8 Å². The van der Waals surface area contributed by atoms with Crippen molar-refractivity contribution in [1.82, 2.24) is 24.0 Å². The van der Waals surface area contributed by atoms with Gasteiger partial charge in [0.1, 0.15) is 11.1 Å². The molecule has 1 atom stereocenters. The van der Waals surface area contributed by atoms with Crippen molar-refractivity contribution in [1.29, 1.82) is 0 Å². The van der Waals surface area contributed by atoms with Crippen LogP contribution in [0.4, 0.5) is 4.79 Å². The zero-order chi connectivity index (χ0) is 17.6. The molecule has 1 aliphatic rings. The zero-order valence-corrected chi connectivity index (χ0v) is 14.9. The molecule has 2 aromatic rings. The maximum atomic E-state index is 12.6. The van der Waals surface area contributed by atoms with E-state index in [4.69, 9.17) is 16.3 Å². The lowest BCUT2D eigenvalue weighted by Gasteiger charge is -2.24. The van der Waals surface area contributed by atoms with Gasteiger partial charge in [0.05, 0.1) is 12.2 Å². The van der Waals surface area contributed by atoms with Crippen LogP contribution in [0.2, 0.25) is 5.28 Å². The van der Waals surface area contributed by atoms with Crippen LogP contribution in [0, 0.1) is 0 Å². The molecule has 3 rings (SSSR count). The van der Waals surface area contributed by atoms with E-state index in [9.17, 15) is 9.59 Å². The van der Waals surface area contributed by atoms with Crippen molar-refractivity contribution in [3.63, 3.8) is 0 Å². The lowest BCUT2D eigenvalue weighted by molar-refractivity contribution is 0.0289. The molecule has 1 fully saturated rings. The fourth-order valence-corrected chi connectivity index (χ4v) is 3.02. The molecule has 1 aliphatic heterocycles. The summed E-state index contributed by atoms with van der Waals surface area (Å²) in [6, 6.07) is -0.167. The number of imidazole rings is 1. The molecule has 0 aliphatic carbocycles. The summed E-state index contributed by atoms with van der Waals surface area (Å²) in [5.41, 5.74) is 0.350. The molecule has 0 bridgehead atoms. The summed E-state index contributed by atoms with van der Waals surface area (Å²) in [6.07, 6.45) is 1.81. The van der Waals surface area contributed by atoms with Crippen molar-refractivity contribution in [2.45, 2.75) is 38.8 Å². The minimum absolute atomic E-state index is 0.0869. The number of fused-ring (bicyclic) bond motifs is 1. The summed E-state index contributed by atoms with van der Waals surface area (Å²) in [5.74, 6) is 0. The Morgan fingerprint density at radius 1 is 1.42 bits per heavy atom. The monoisotopic (exact) mass is 353 g/mol. The molecule has 8 nitrogen and oxygen atoms in total. The van der Waals surface area contributed by atoms with E-state index in [1.165, 1.54) is 10.8 Å². The molecule has 0 spiro atoms. The number of aryl methyl sites for hydroxylation is 1. The maximum Gasteiger partial charge on any atom is 0.410 e. The van der Waals surface area contributed by atoms with Gasteiger partial charge in [0.15, 0.2) is 5.65 Å². The fraction of sp³-hybridized carbons (Fsp3) is 0.600. The van der Waals surface area contributed by atoms with Gasteiger partial charge in [-0.25, -0.2) is 14.6 Å². The lowest BCUT2D eigenvalue weighted by atomic mass is 10.2. The van der Waals surface area contributed by atoms with E-state index in [2.05, 4.69) is 9.97 Å². The highest BCUT2D eigenvalue weighted by atomic mass is 35.5. The summed E-state index contributed by atoms with van der Waals surface area (Å²) in [4.78, 5) is 34.5. The van der Waals surface area contributed by atoms with Crippen molar-refractivity contribution in [2.75, 3.05) is 13.1 Å². The number of carbonyl (C=O) groups is 1. The van der Waals surface area contributed by atoms with Gasteiger partial charge in [-0.3, -0.25) is 9.13 Å². The molecular formula is C15H20ClN5O3. The van der Waals surface area contributed by atoms with Gasteiger partial charge in [-0.2, -0.15) is 4.98 Å². The second-order valence-corrected chi connectivity index (χ2v) is 7.27. The van der Waals surface area contributed by atoms with Crippen LogP contribution in [0.5, 0.6) is 0 Å². The highest BCUT2D eigenvalue weighted by Gasteiger charge is 2.33. The third kappa shape index (κ3) is 2.98. The predicted octanol–water partition coefficient (Wildman–Crippen LogP) is 1.97. The van der Waals surface area contributed by atoms with E-state index in [1.54, 1.807) is 16.5 Å². The first-order valence-electron chi connectivity index (χ1n) is 7.75. The molecule has 0 aromatic carbocycles. The van der Waals surface area contributed by atoms with Gasteiger partial charge in [-0.1, -0.05) is 0 Å². The molecule has 1 saturated heterocycles. The molecule has 3 heterocycles. The number of aromatic nitrogens is 4. The lowest BCUT2D eigenvalue weighted by Crippen LogP contribution is -2.36. The van der Waals surface area contributed by atoms with Gasteiger partial charge in [0.25, 0.3) is 0 Å². The van der Waals surface area contributed by atoms with Gasteiger partial charge in [-0.05, 0) is 38.8 Å². The Balaban J connectivity index is 1.90. The van der Waals surface area contributed by atoms with Crippen molar-refractivity contribution in [2.24, 2.45) is 7.05 Å². The number of amides is 1. The summed E-state index contributed by atoms with van der Waals surface area (Å²) < 4.78 is 8.47. The van der Waals surface area contributed by atoms with Crippen LogP contribution in [0.25, 0.3) is 11.2 Å². The first kappa shape index (κ1) is 16.8. The Bertz CT molecular complexity index is 851. The normalized spacial score (nSPS) is 18.4. The van der Waals surface area contributed by atoms with E-state index < -0.39 is 5.60 Å². The molecule has 0 saturated carbocycles. The van der Waals surface area contributed by atoms with Gasteiger partial charge < -0.3 is 9.64 Å². The smallest absolute Gasteiger partial charge is 0.410 e. The van der Waals surface area contributed by atoms with Crippen molar-refractivity contribution < 1.29 is 9.53 Å². The number of rotatable bonds is 1. The van der Waals surface area contributed by atoms with Gasteiger partial charge >= 0.3 is 11.8 Å². The number of carbonyl (C=O) groups excluding carboxylic acids is 1. The Kier molecular flexibility index (Phi) is 4.03. The number of ether oxygens (including phenoxy) is 1. The second-order valence-electron chi connectivity index (χ2n) is 6.93. The van der Waals surface area contributed by atoms with E-state index in [0.29, 0.717) is 30.7 Å². The van der Waals surface area contributed by atoms with Crippen LogP contribution in [0.15, 0.2) is 11.0 Å². The summed E-state index contributed by atoms with van der Waals surface area (Å²) in [6.45, 7) is 6.41. The molecular weight excluding hydrogens is 334 g/mol. The molecule has 1 amide bonds. The highest BCUT2D eigenvalue weighted by molar-refractivity contribution is 6.28. The predicted molar refractivity (Wildman–Crippen MR) is 89.2 cm³/mol. The van der Waals surface area contributed by atoms with Gasteiger partial charge in [0, 0.05) is 20.1 Å². The molecule has 24 heavy (non-hydrogen) atoms. The van der Waals surface area contributed by atoms with Gasteiger partial charge in [0.2, 0.25) is 5.28 Å². The summed E-state index contributed by atoms with van der Waals surface area (Å²) >= 11 is 5.88. The van der Waals surface area contributed by atoms with Crippen molar-refractivity contribution in [3.05, 3.63) is 22.0 Å². The van der Waals surface area contributed by atoms with E-state index in [-0.39, 0.29) is 23.1 Å². The Morgan fingerprint density at radius 3 is 2.79 bits per heavy atom. The SMILES string of the molecule is Cn1c(=O)n([C@@H]2CCN(C(=O)OC(C)(C)C)C2)c2nc(Cl)ncc21. The van der Waals surface area contributed by atoms with Crippen LogP contribution in [0.3, 0.4) is 0 Å². The third-order valence-electron chi connectivity index (χ3n) is 3.98. The third-order valence-corrected chi connectivity index (χ3v) is 4.17. The van der Waals surface area contributed by atoms with E-state index in [1.807, 2.05) is 20.8 Å². The quantitative estimate of drug-likeness (QED) is 0.732. The van der Waals surface area contributed by atoms with E-state index in [0.717, 1.165) is 0 Å². The molecule has 0 N–H and O–H groups in total. The van der Waals surface area contributed by atoms with E-state index >= 15 is 0 Å². The molecule has 0 unspecified atom stereocenters. The van der Waals surface area contributed by atoms with Crippen LogP contribution < -0.4 is 5.69 Å². The fourth-order valence-electron chi connectivity index (χ4n) is 2.89. The van der Waals surface area contributed by atoms with Crippen LogP contribution in [0.1, 0.15) is 33.2 Å². The summed E-state index contributed by atoms with van der Waals surface area (Å²) in [5, 5.41) is 0.0869. The average Bonchev–Trinajstić information content (AvgIpc) is 3.02. The van der Waals surface area contributed by atoms with Gasteiger partial charge in [-0.15, -0.1) is 0 Å². The van der Waals surface area contributed by atoms with Crippen LogP contribution >= 0.6 is 11.6 Å². The van der Waals surface area contributed by atoms with Crippen molar-refractivity contribution in [3.8, 4) is 0 Å². The number of likely N-dealkylation sites (tertiary alicyclic amines) is 1. The minimum Gasteiger partial charge on any atom is -0.444 e. The van der Waals surface area contributed by atoms with Crippen LogP contribution in [-0.2, 0) is 11.8 Å². The average molecular weight is 354 g/mol. The number of halogens is 1. The molecule has 9 heteroatoms. The van der Waals surface area contributed by atoms with Crippen molar-refractivity contribution >= 4 is 28.9 Å². The largest absolute Gasteiger partial charge is 0.444 e. The number of nitrogens with zero attached hydrogens (tertiary/aromatic N) is 5.